The van der Waals surface area contributed by atoms with E-state index in [0.29, 0.717) is 17.7 Å². The van der Waals surface area contributed by atoms with E-state index >= 15 is 0 Å². The molecule has 7 heteroatoms. The highest BCUT2D eigenvalue weighted by Gasteiger charge is 2.53. The molecule has 2 aliphatic heterocycles. The van der Waals surface area contributed by atoms with Gasteiger partial charge < -0.3 is 10.3 Å². The average Bonchev–Trinajstić information content (AvgIpc) is 3.54. The molecular formula is C37H34N4O3. The number of rotatable bonds is 7. The number of fused-ring (bicyclic) bond motifs is 4. The van der Waals surface area contributed by atoms with Gasteiger partial charge in [0.2, 0.25) is 0 Å². The monoisotopic (exact) mass is 582 g/mol. The van der Waals surface area contributed by atoms with Crippen LogP contribution in [0.25, 0.3) is 10.9 Å². The molecule has 7 rings (SSSR count). The number of urea groups is 1. The predicted molar refractivity (Wildman–Crippen MR) is 172 cm³/mol. The van der Waals surface area contributed by atoms with Crippen LogP contribution in [0.3, 0.4) is 0 Å². The van der Waals surface area contributed by atoms with E-state index in [4.69, 9.17) is 0 Å². The van der Waals surface area contributed by atoms with Crippen LogP contribution in [-0.4, -0.2) is 39.8 Å². The minimum absolute atomic E-state index is 0.101. The quantitative estimate of drug-likeness (QED) is 0.209. The number of benzene rings is 4. The molecule has 5 aromatic rings. The normalized spacial score (nSPS) is 18.3. The summed E-state index contributed by atoms with van der Waals surface area (Å²) in [6.07, 6.45) is 1.99. The van der Waals surface area contributed by atoms with Gasteiger partial charge in [0.15, 0.2) is 0 Å². The molecule has 0 aliphatic carbocycles. The molecule has 1 aromatic heterocycles. The fraction of sp³-hybridized carbons (Fsp3) is 0.216. The average molecular weight is 583 g/mol. The van der Waals surface area contributed by atoms with Crippen LogP contribution in [0, 0.1) is 6.92 Å². The van der Waals surface area contributed by atoms with E-state index < -0.39 is 18.1 Å². The van der Waals surface area contributed by atoms with Crippen molar-refractivity contribution < 1.29 is 14.4 Å². The molecule has 4 amide bonds. The minimum atomic E-state index is -0.693. The van der Waals surface area contributed by atoms with Gasteiger partial charge in [0.1, 0.15) is 12.1 Å². The highest BCUT2D eigenvalue weighted by Crippen LogP contribution is 2.45. The first-order valence-electron chi connectivity index (χ1n) is 15.2. The first-order valence-corrected chi connectivity index (χ1v) is 15.2. The number of aromatic nitrogens is 1. The molecular weight excluding hydrogens is 548 g/mol. The standard InChI is InChI=1S/C37H34N4O3/c1-23-16-20-26(21-17-23)34-33-29(27-12-6-8-14-30(27)39-33)22-32-36(43)41(37(44)40(32)34)31-15-9-7-13-28(31)35(42)38-24(2)18-19-25-10-4-3-5-11-25/h3-17,20-21,24,32,34,39H,18-19,22H2,1-2H3,(H,38,42)/t24-,32-,34+/m0/s1. The van der Waals surface area contributed by atoms with Crippen LogP contribution in [0.4, 0.5) is 10.5 Å². The summed E-state index contributed by atoms with van der Waals surface area (Å²) in [5.74, 6) is -0.627. The summed E-state index contributed by atoms with van der Waals surface area (Å²) in [5, 5.41) is 4.14. The number of imide groups is 1. The van der Waals surface area contributed by atoms with Crippen molar-refractivity contribution in [3.63, 3.8) is 0 Å². The molecule has 220 valence electrons. The van der Waals surface area contributed by atoms with E-state index in [1.165, 1.54) is 10.5 Å². The van der Waals surface area contributed by atoms with Gasteiger partial charge in [-0.25, -0.2) is 9.69 Å². The number of aromatic amines is 1. The number of hydrogen-bond donors (Lipinski definition) is 2. The molecule has 1 fully saturated rings. The number of H-pyrrole nitrogens is 1. The third-order valence-electron chi connectivity index (χ3n) is 8.92. The molecule has 44 heavy (non-hydrogen) atoms. The molecule has 2 N–H and O–H groups in total. The predicted octanol–water partition coefficient (Wildman–Crippen LogP) is 6.71. The molecule has 0 bridgehead atoms. The van der Waals surface area contributed by atoms with Crippen LogP contribution in [0.1, 0.15) is 57.7 Å². The maximum Gasteiger partial charge on any atom is 0.332 e. The summed E-state index contributed by atoms with van der Waals surface area (Å²) in [7, 11) is 0. The summed E-state index contributed by atoms with van der Waals surface area (Å²) in [4.78, 5) is 48.7. The Morgan fingerprint density at radius 2 is 1.61 bits per heavy atom. The largest absolute Gasteiger partial charge is 0.356 e. The van der Waals surface area contributed by atoms with Gasteiger partial charge in [-0.3, -0.25) is 14.5 Å². The molecule has 4 aromatic carbocycles. The van der Waals surface area contributed by atoms with E-state index in [-0.39, 0.29) is 17.9 Å². The van der Waals surface area contributed by atoms with E-state index in [2.05, 4.69) is 28.5 Å². The molecule has 3 atom stereocenters. The van der Waals surface area contributed by atoms with E-state index in [9.17, 15) is 14.4 Å². The zero-order valence-corrected chi connectivity index (χ0v) is 24.8. The third kappa shape index (κ3) is 4.74. The molecule has 1 saturated heterocycles. The van der Waals surface area contributed by atoms with Crippen LogP contribution >= 0.6 is 0 Å². The van der Waals surface area contributed by atoms with Gasteiger partial charge in [-0.05, 0) is 61.6 Å². The molecule has 3 heterocycles. The number of aryl methyl sites for hydroxylation is 2. The van der Waals surface area contributed by atoms with Gasteiger partial charge in [-0.15, -0.1) is 0 Å². The summed E-state index contributed by atoms with van der Waals surface area (Å²) in [5.41, 5.74) is 6.81. The number of amides is 4. The van der Waals surface area contributed by atoms with Crippen molar-refractivity contribution in [1.29, 1.82) is 0 Å². The van der Waals surface area contributed by atoms with Crippen molar-refractivity contribution >= 4 is 34.4 Å². The van der Waals surface area contributed by atoms with Crippen molar-refractivity contribution in [1.82, 2.24) is 15.2 Å². The Morgan fingerprint density at radius 3 is 2.41 bits per heavy atom. The second kappa shape index (κ2) is 11.2. The number of carbonyl (C=O) groups excluding carboxylic acids is 3. The number of carbonyl (C=O) groups is 3. The SMILES string of the molecule is Cc1ccc([C@@H]2c3[nH]c4ccccc4c3C[C@H]3C(=O)N(c4ccccc4C(=O)N[C@@H](C)CCc4ccccc4)C(=O)N23)cc1. The van der Waals surface area contributed by atoms with Crippen LogP contribution in [-0.2, 0) is 17.6 Å². The van der Waals surface area contributed by atoms with Crippen LogP contribution in [0.15, 0.2) is 103 Å². The lowest BCUT2D eigenvalue weighted by molar-refractivity contribution is -0.120. The Balaban J connectivity index is 1.22. The first-order chi connectivity index (χ1) is 21.4. The topological polar surface area (TPSA) is 85.5 Å². The van der Waals surface area contributed by atoms with Crippen molar-refractivity contribution in [2.24, 2.45) is 0 Å². The molecule has 0 spiro atoms. The number of nitrogens with one attached hydrogen (secondary N) is 2. The molecule has 7 nitrogen and oxygen atoms in total. The molecule has 0 saturated carbocycles. The molecule has 2 aliphatic rings. The Hall–Kier alpha value is -5.17. The van der Waals surface area contributed by atoms with Crippen LogP contribution in [0.5, 0.6) is 0 Å². The first kappa shape index (κ1) is 27.7. The molecule has 0 radical (unpaired) electrons. The Bertz CT molecular complexity index is 1880. The summed E-state index contributed by atoms with van der Waals surface area (Å²) >= 11 is 0. The Labute approximate surface area is 256 Å². The van der Waals surface area contributed by atoms with Gasteiger partial charge in [0.05, 0.1) is 11.3 Å². The van der Waals surface area contributed by atoms with Crippen molar-refractivity contribution in [3.8, 4) is 0 Å². The van der Waals surface area contributed by atoms with Gasteiger partial charge >= 0.3 is 6.03 Å². The highest BCUT2D eigenvalue weighted by atomic mass is 16.2. The molecule has 0 unspecified atom stereocenters. The number of para-hydroxylation sites is 2. The van der Waals surface area contributed by atoms with Crippen LogP contribution in [0.2, 0.25) is 0 Å². The van der Waals surface area contributed by atoms with E-state index in [0.717, 1.165) is 46.1 Å². The van der Waals surface area contributed by atoms with Crippen molar-refractivity contribution in [2.75, 3.05) is 4.90 Å². The van der Waals surface area contributed by atoms with E-state index in [1.54, 1.807) is 29.2 Å². The van der Waals surface area contributed by atoms with Gasteiger partial charge in [-0.1, -0.05) is 90.5 Å². The van der Waals surface area contributed by atoms with Crippen molar-refractivity contribution in [2.45, 2.75) is 51.2 Å². The fourth-order valence-electron chi connectivity index (χ4n) is 6.65. The van der Waals surface area contributed by atoms with Crippen LogP contribution < -0.4 is 10.2 Å². The number of anilines is 1. The lowest BCUT2D eigenvalue weighted by Crippen LogP contribution is -2.44. The van der Waals surface area contributed by atoms with E-state index in [1.807, 2.05) is 74.5 Å². The maximum atomic E-state index is 14.4. The second-order valence-electron chi connectivity index (χ2n) is 11.9. The van der Waals surface area contributed by atoms with Gasteiger partial charge in [-0.2, -0.15) is 0 Å². The Kier molecular flexibility index (Phi) is 7.01. The highest BCUT2D eigenvalue weighted by molar-refractivity contribution is 6.24. The van der Waals surface area contributed by atoms with Gasteiger partial charge in [0.25, 0.3) is 11.8 Å². The lowest BCUT2D eigenvalue weighted by Gasteiger charge is -2.36. The Morgan fingerprint density at radius 1 is 0.909 bits per heavy atom. The zero-order valence-electron chi connectivity index (χ0n) is 24.8. The maximum absolute atomic E-state index is 14.4. The minimum Gasteiger partial charge on any atom is -0.356 e. The fourth-order valence-corrected chi connectivity index (χ4v) is 6.65. The summed E-state index contributed by atoms with van der Waals surface area (Å²) < 4.78 is 0. The summed E-state index contributed by atoms with van der Waals surface area (Å²) in [6.45, 7) is 4.00. The summed E-state index contributed by atoms with van der Waals surface area (Å²) in [6, 6.07) is 31.5. The van der Waals surface area contributed by atoms with Gasteiger partial charge in [0, 0.05) is 29.1 Å². The third-order valence-corrected chi connectivity index (χ3v) is 8.92. The van der Waals surface area contributed by atoms with Crippen molar-refractivity contribution in [3.05, 3.63) is 137 Å². The second-order valence-corrected chi connectivity index (χ2v) is 11.9. The number of nitrogens with zero attached hydrogens (tertiary/aromatic N) is 2. The zero-order chi connectivity index (χ0) is 30.4. The smallest absolute Gasteiger partial charge is 0.332 e. The number of hydrogen-bond acceptors (Lipinski definition) is 3. The lowest BCUT2D eigenvalue weighted by atomic mass is 9.88.